The van der Waals surface area contributed by atoms with Gasteiger partial charge in [0.25, 0.3) is 0 Å². The number of amides is 1. The van der Waals surface area contributed by atoms with Crippen molar-refractivity contribution in [3.05, 3.63) is 0 Å². The molecule has 3 nitrogen and oxygen atoms in total. The van der Waals surface area contributed by atoms with E-state index in [-0.39, 0.29) is 18.1 Å². The maximum absolute atomic E-state index is 11.9. The minimum atomic E-state index is -0.324. The van der Waals surface area contributed by atoms with Gasteiger partial charge in [-0.2, -0.15) is 11.8 Å². The Labute approximate surface area is 108 Å². The Bertz CT molecular complexity index is 254. The van der Waals surface area contributed by atoms with Gasteiger partial charge in [0, 0.05) is 6.42 Å². The molecule has 2 N–H and O–H groups in total. The van der Waals surface area contributed by atoms with Gasteiger partial charge in [0.05, 0.1) is 12.1 Å². The summed E-state index contributed by atoms with van der Waals surface area (Å²) in [6.07, 6.45) is 6.67. The molecule has 0 unspecified atom stereocenters. The van der Waals surface area contributed by atoms with Crippen LogP contribution in [0.1, 0.15) is 44.9 Å². The molecule has 1 saturated carbocycles. The molecule has 0 spiro atoms. The smallest absolute Gasteiger partial charge is 0.220 e. The van der Waals surface area contributed by atoms with Crippen LogP contribution in [0.2, 0.25) is 0 Å². The molecule has 1 aliphatic heterocycles. The van der Waals surface area contributed by atoms with Crippen molar-refractivity contribution in [2.24, 2.45) is 5.92 Å². The largest absolute Gasteiger partial charge is 0.391 e. The van der Waals surface area contributed by atoms with Crippen molar-refractivity contribution in [2.45, 2.75) is 57.1 Å². The van der Waals surface area contributed by atoms with E-state index in [4.69, 9.17) is 0 Å². The monoisotopic (exact) mass is 257 g/mol. The van der Waals surface area contributed by atoms with Crippen LogP contribution in [-0.2, 0) is 4.79 Å². The molecule has 2 fully saturated rings. The second kappa shape index (κ2) is 6.64. The highest BCUT2D eigenvalue weighted by Gasteiger charge is 2.25. The molecule has 0 bridgehead atoms. The average molecular weight is 257 g/mol. The summed E-state index contributed by atoms with van der Waals surface area (Å²) in [6, 6.07) is 0.00853. The van der Waals surface area contributed by atoms with Gasteiger partial charge in [-0.3, -0.25) is 4.79 Å². The van der Waals surface area contributed by atoms with E-state index in [1.807, 2.05) is 11.8 Å². The normalized spacial score (nSPS) is 31.1. The summed E-state index contributed by atoms with van der Waals surface area (Å²) in [4.78, 5) is 11.9. The van der Waals surface area contributed by atoms with Crippen molar-refractivity contribution in [2.75, 3.05) is 11.5 Å². The fraction of sp³-hybridized carbons (Fsp3) is 0.923. The Hall–Kier alpha value is -0.220. The Kier molecular flexibility index (Phi) is 5.16. The molecule has 1 heterocycles. The van der Waals surface area contributed by atoms with Crippen LogP contribution < -0.4 is 5.32 Å². The molecule has 2 atom stereocenters. The van der Waals surface area contributed by atoms with Crippen molar-refractivity contribution in [3.63, 3.8) is 0 Å². The number of carbonyl (C=O) groups is 1. The van der Waals surface area contributed by atoms with Crippen molar-refractivity contribution < 1.29 is 9.90 Å². The van der Waals surface area contributed by atoms with Gasteiger partial charge in [-0.15, -0.1) is 0 Å². The maximum Gasteiger partial charge on any atom is 0.220 e. The molecule has 17 heavy (non-hydrogen) atoms. The third-order valence-corrected chi connectivity index (χ3v) is 4.94. The number of hydrogen-bond donors (Lipinski definition) is 2. The van der Waals surface area contributed by atoms with E-state index in [2.05, 4.69) is 5.32 Å². The molecular formula is C13H23NO2S. The lowest BCUT2D eigenvalue weighted by atomic mass is 9.92. The first-order valence-electron chi connectivity index (χ1n) is 6.81. The van der Waals surface area contributed by atoms with E-state index < -0.39 is 0 Å². The summed E-state index contributed by atoms with van der Waals surface area (Å²) in [5, 5.41) is 12.8. The zero-order valence-corrected chi connectivity index (χ0v) is 11.2. The van der Waals surface area contributed by atoms with E-state index in [1.165, 1.54) is 24.3 Å². The molecule has 0 radical (unpaired) electrons. The van der Waals surface area contributed by atoms with Gasteiger partial charge in [0.2, 0.25) is 5.91 Å². The van der Waals surface area contributed by atoms with Crippen LogP contribution in [-0.4, -0.2) is 34.7 Å². The number of nitrogens with one attached hydrogen (secondary N) is 1. The van der Waals surface area contributed by atoms with E-state index >= 15 is 0 Å². The Balaban J connectivity index is 1.72. The van der Waals surface area contributed by atoms with Gasteiger partial charge < -0.3 is 10.4 Å². The van der Waals surface area contributed by atoms with Crippen LogP contribution in [0, 0.1) is 5.92 Å². The van der Waals surface area contributed by atoms with Gasteiger partial charge in [-0.05, 0) is 43.1 Å². The van der Waals surface area contributed by atoms with Crippen molar-refractivity contribution >= 4 is 17.7 Å². The molecule has 0 aromatic rings. The molecule has 0 aromatic heterocycles. The van der Waals surface area contributed by atoms with Gasteiger partial charge in [0.1, 0.15) is 0 Å². The minimum Gasteiger partial charge on any atom is -0.391 e. The third-order valence-electron chi connectivity index (χ3n) is 3.89. The fourth-order valence-electron chi connectivity index (χ4n) is 2.76. The van der Waals surface area contributed by atoms with Gasteiger partial charge in [-0.1, -0.05) is 12.8 Å². The Morgan fingerprint density at radius 3 is 2.59 bits per heavy atom. The van der Waals surface area contributed by atoms with Crippen LogP contribution >= 0.6 is 11.8 Å². The zero-order chi connectivity index (χ0) is 12.1. The van der Waals surface area contributed by atoms with Crippen LogP contribution in [0.5, 0.6) is 0 Å². The first-order chi connectivity index (χ1) is 8.25. The quantitative estimate of drug-likeness (QED) is 0.812. The zero-order valence-electron chi connectivity index (χ0n) is 10.4. The van der Waals surface area contributed by atoms with Crippen molar-refractivity contribution in [1.82, 2.24) is 5.32 Å². The first-order valence-corrected chi connectivity index (χ1v) is 7.96. The summed E-state index contributed by atoms with van der Waals surface area (Å²) >= 11 is 1.99. The lowest BCUT2D eigenvalue weighted by molar-refractivity contribution is -0.124. The van der Waals surface area contributed by atoms with E-state index in [0.29, 0.717) is 12.3 Å². The molecule has 1 saturated heterocycles. The predicted octanol–water partition coefficient (Wildman–Crippen LogP) is 1.94. The molecule has 2 aliphatic rings. The summed E-state index contributed by atoms with van der Waals surface area (Å²) < 4.78 is 0. The number of hydrogen-bond acceptors (Lipinski definition) is 3. The van der Waals surface area contributed by atoms with E-state index in [9.17, 15) is 9.90 Å². The number of aliphatic hydroxyl groups is 1. The molecule has 1 amide bonds. The molecule has 0 aromatic carbocycles. The molecule has 4 heteroatoms. The first kappa shape index (κ1) is 13.2. The topological polar surface area (TPSA) is 49.3 Å². The number of rotatable bonds is 3. The predicted molar refractivity (Wildman–Crippen MR) is 71.1 cm³/mol. The van der Waals surface area contributed by atoms with Crippen LogP contribution in [0.3, 0.4) is 0 Å². The summed E-state index contributed by atoms with van der Waals surface area (Å²) in [7, 11) is 0. The molecule has 2 rings (SSSR count). The highest BCUT2D eigenvalue weighted by atomic mass is 32.2. The summed E-state index contributed by atoms with van der Waals surface area (Å²) in [5.74, 6) is 3.11. The van der Waals surface area contributed by atoms with Crippen molar-refractivity contribution in [3.8, 4) is 0 Å². The highest BCUT2D eigenvalue weighted by molar-refractivity contribution is 7.99. The maximum atomic E-state index is 11.9. The van der Waals surface area contributed by atoms with Gasteiger partial charge in [-0.25, -0.2) is 0 Å². The lowest BCUT2D eigenvalue weighted by Gasteiger charge is -2.29. The lowest BCUT2D eigenvalue weighted by Crippen LogP contribution is -2.45. The van der Waals surface area contributed by atoms with Crippen LogP contribution in [0.15, 0.2) is 0 Å². The molecular weight excluding hydrogens is 234 g/mol. The van der Waals surface area contributed by atoms with E-state index in [0.717, 1.165) is 25.7 Å². The third kappa shape index (κ3) is 4.18. The number of carbonyl (C=O) groups excluding carboxylic acids is 1. The SMILES string of the molecule is O=C(CC1CCSCC1)N[C@@H]1CCCC[C@H]1O. The fourth-order valence-corrected chi connectivity index (χ4v) is 3.96. The summed E-state index contributed by atoms with van der Waals surface area (Å²) in [5.41, 5.74) is 0. The van der Waals surface area contributed by atoms with Gasteiger partial charge in [0.15, 0.2) is 0 Å². The molecule has 1 aliphatic carbocycles. The molecule has 98 valence electrons. The number of thioether (sulfide) groups is 1. The second-order valence-corrected chi connectivity index (χ2v) is 6.51. The van der Waals surface area contributed by atoms with Gasteiger partial charge >= 0.3 is 0 Å². The van der Waals surface area contributed by atoms with Crippen LogP contribution in [0.25, 0.3) is 0 Å². The standard InChI is InChI=1S/C13H23NO2S/c15-12-4-2-1-3-11(12)14-13(16)9-10-5-7-17-8-6-10/h10-12,15H,1-9H2,(H,14,16)/t11-,12-/m1/s1. The number of aliphatic hydroxyl groups excluding tert-OH is 1. The average Bonchev–Trinajstić information content (AvgIpc) is 2.33. The van der Waals surface area contributed by atoms with E-state index in [1.54, 1.807) is 0 Å². The highest BCUT2D eigenvalue weighted by Crippen LogP contribution is 2.25. The van der Waals surface area contributed by atoms with Crippen LogP contribution in [0.4, 0.5) is 0 Å². The Morgan fingerprint density at radius 2 is 1.88 bits per heavy atom. The van der Waals surface area contributed by atoms with Crippen molar-refractivity contribution in [1.29, 1.82) is 0 Å². The Morgan fingerprint density at radius 1 is 1.18 bits per heavy atom. The minimum absolute atomic E-state index is 0.00853. The second-order valence-electron chi connectivity index (χ2n) is 5.29. The summed E-state index contributed by atoms with van der Waals surface area (Å²) in [6.45, 7) is 0.